The van der Waals surface area contributed by atoms with Crippen LogP contribution < -0.4 is 0 Å². The van der Waals surface area contributed by atoms with Crippen LogP contribution in [-0.4, -0.2) is 40.7 Å². The zero-order valence-corrected chi connectivity index (χ0v) is 13.1. The maximum Gasteiger partial charge on any atom is 0.228 e. The fourth-order valence-corrected chi connectivity index (χ4v) is 2.80. The molecule has 1 aliphatic heterocycles. The lowest BCUT2D eigenvalue weighted by Gasteiger charge is -2.25. The van der Waals surface area contributed by atoms with Crippen molar-refractivity contribution in [2.75, 3.05) is 13.1 Å². The lowest BCUT2D eigenvalue weighted by Crippen LogP contribution is -2.38. The summed E-state index contributed by atoms with van der Waals surface area (Å²) in [7, 11) is 0. The minimum absolute atomic E-state index is 0.0952. The summed E-state index contributed by atoms with van der Waals surface area (Å²) in [6.45, 7) is 7.81. The molecule has 1 fully saturated rings. The number of amides is 2. The molecular weight excluding hydrogens is 264 g/mol. The summed E-state index contributed by atoms with van der Waals surface area (Å²) in [5.74, 6) is 0.000490. The van der Waals surface area contributed by atoms with Crippen LogP contribution >= 0.6 is 0 Å². The van der Waals surface area contributed by atoms with Crippen molar-refractivity contribution in [2.45, 2.75) is 39.8 Å². The van der Waals surface area contributed by atoms with E-state index in [2.05, 4.69) is 0 Å². The second-order valence-electron chi connectivity index (χ2n) is 5.88. The summed E-state index contributed by atoms with van der Waals surface area (Å²) in [5.41, 5.74) is 1.12. The van der Waals surface area contributed by atoms with E-state index in [9.17, 15) is 9.59 Å². The van der Waals surface area contributed by atoms with Gasteiger partial charge in [0.1, 0.15) is 0 Å². The first-order chi connectivity index (χ1) is 10.0. The van der Waals surface area contributed by atoms with Crippen LogP contribution in [0, 0.1) is 5.92 Å². The van der Waals surface area contributed by atoms with E-state index in [-0.39, 0.29) is 23.8 Å². The van der Waals surface area contributed by atoms with Crippen LogP contribution in [0.25, 0.3) is 0 Å². The van der Waals surface area contributed by atoms with Gasteiger partial charge in [0.25, 0.3) is 0 Å². The van der Waals surface area contributed by atoms with Gasteiger partial charge in [-0.05, 0) is 26.3 Å². The molecule has 1 aromatic carbocycles. The summed E-state index contributed by atoms with van der Waals surface area (Å²) >= 11 is 0. The van der Waals surface area contributed by atoms with E-state index < -0.39 is 0 Å². The molecule has 0 spiro atoms. The lowest BCUT2D eigenvalue weighted by atomic mass is 10.1. The Labute approximate surface area is 126 Å². The van der Waals surface area contributed by atoms with Gasteiger partial charge in [0.2, 0.25) is 11.8 Å². The molecule has 2 amide bonds. The Morgan fingerprint density at radius 3 is 2.52 bits per heavy atom. The van der Waals surface area contributed by atoms with Crippen molar-refractivity contribution in [1.82, 2.24) is 9.80 Å². The Balaban J connectivity index is 2.02. The van der Waals surface area contributed by atoms with Gasteiger partial charge < -0.3 is 9.80 Å². The summed E-state index contributed by atoms with van der Waals surface area (Å²) in [5, 5.41) is 0. The summed E-state index contributed by atoms with van der Waals surface area (Å²) in [6, 6.07) is 10.1. The number of benzene rings is 1. The monoisotopic (exact) mass is 288 g/mol. The maximum absolute atomic E-state index is 12.6. The molecule has 1 aliphatic rings. The lowest BCUT2D eigenvalue weighted by molar-refractivity contribution is -0.136. The van der Waals surface area contributed by atoms with Gasteiger partial charge in [0, 0.05) is 32.1 Å². The molecule has 0 bridgehead atoms. The highest BCUT2D eigenvalue weighted by atomic mass is 16.2. The first-order valence-electron chi connectivity index (χ1n) is 7.65. The standard InChI is InChI=1S/C17H24N2O2/c1-4-18(11-14-8-6-5-7-9-14)17(21)15-10-16(20)19(12-15)13(2)3/h5-9,13,15H,4,10-12H2,1-3H3/t15-/m1/s1. The van der Waals surface area contributed by atoms with Crippen LogP contribution in [0.5, 0.6) is 0 Å². The third kappa shape index (κ3) is 3.63. The Morgan fingerprint density at radius 1 is 1.33 bits per heavy atom. The number of likely N-dealkylation sites (tertiary alicyclic amines) is 1. The summed E-state index contributed by atoms with van der Waals surface area (Å²) in [4.78, 5) is 28.2. The third-order valence-corrected chi connectivity index (χ3v) is 4.04. The maximum atomic E-state index is 12.6. The first kappa shape index (κ1) is 15.5. The van der Waals surface area contributed by atoms with Crippen molar-refractivity contribution in [2.24, 2.45) is 5.92 Å². The SMILES string of the molecule is CCN(Cc1ccccc1)C(=O)[C@@H]1CC(=O)N(C(C)C)C1. The van der Waals surface area contributed by atoms with E-state index >= 15 is 0 Å². The van der Waals surface area contributed by atoms with Crippen LogP contribution in [0.2, 0.25) is 0 Å². The average Bonchev–Trinajstić information content (AvgIpc) is 2.87. The zero-order chi connectivity index (χ0) is 15.4. The molecule has 4 nitrogen and oxygen atoms in total. The summed E-state index contributed by atoms with van der Waals surface area (Å²) in [6.07, 6.45) is 0.350. The van der Waals surface area contributed by atoms with Gasteiger partial charge in [0.15, 0.2) is 0 Å². The van der Waals surface area contributed by atoms with Crippen LogP contribution in [-0.2, 0) is 16.1 Å². The van der Waals surface area contributed by atoms with Crippen molar-refractivity contribution in [3.63, 3.8) is 0 Å². The van der Waals surface area contributed by atoms with E-state index in [4.69, 9.17) is 0 Å². The van der Waals surface area contributed by atoms with E-state index in [1.54, 1.807) is 4.90 Å². The average molecular weight is 288 g/mol. The quantitative estimate of drug-likeness (QED) is 0.834. The molecule has 1 atom stereocenters. The van der Waals surface area contributed by atoms with E-state index in [1.807, 2.05) is 56.0 Å². The van der Waals surface area contributed by atoms with Gasteiger partial charge >= 0.3 is 0 Å². The largest absolute Gasteiger partial charge is 0.339 e. The van der Waals surface area contributed by atoms with Gasteiger partial charge in [-0.2, -0.15) is 0 Å². The molecule has 2 rings (SSSR count). The Morgan fingerprint density at radius 2 is 2.00 bits per heavy atom. The molecule has 1 aromatic rings. The Bertz CT molecular complexity index is 499. The molecule has 114 valence electrons. The van der Waals surface area contributed by atoms with Gasteiger partial charge in [-0.15, -0.1) is 0 Å². The van der Waals surface area contributed by atoms with Crippen LogP contribution in [0.1, 0.15) is 32.8 Å². The molecule has 1 saturated heterocycles. The van der Waals surface area contributed by atoms with Crippen molar-refractivity contribution in [3.8, 4) is 0 Å². The van der Waals surface area contributed by atoms with Gasteiger partial charge in [-0.3, -0.25) is 9.59 Å². The van der Waals surface area contributed by atoms with Gasteiger partial charge in [-0.25, -0.2) is 0 Å². The predicted molar refractivity (Wildman–Crippen MR) is 82.5 cm³/mol. The number of carbonyl (C=O) groups excluding carboxylic acids is 2. The van der Waals surface area contributed by atoms with E-state index in [0.29, 0.717) is 26.1 Å². The molecule has 0 radical (unpaired) electrons. The van der Waals surface area contributed by atoms with Gasteiger partial charge in [0.05, 0.1) is 5.92 Å². The third-order valence-electron chi connectivity index (χ3n) is 4.04. The molecule has 0 unspecified atom stereocenters. The minimum Gasteiger partial charge on any atom is -0.339 e. The topological polar surface area (TPSA) is 40.6 Å². The molecule has 0 N–H and O–H groups in total. The number of carbonyl (C=O) groups is 2. The van der Waals surface area contributed by atoms with Crippen molar-refractivity contribution >= 4 is 11.8 Å². The number of hydrogen-bond acceptors (Lipinski definition) is 2. The van der Waals surface area contributed by atoms with Gasteiger partial charge in [-0.1, -0.05) is 30.3 Å². The normalized spacial score (nSPS) is 18.4. The molecule has 0 saturated carbocycles. The first-order valence-corrected chi connectivity index (χ1v) is 7.65. The van der Waals surface area contributed by atoms with E-state index in [1.165, 1.54) is 0 Å². The highest BCUT2D eigenvalue weighted by molar-refractivity contribution is 5.89. The number of hydrogen-bond donors (Lipinski definition) is 0. The van der Waals surface area contributed by atoms with Crippen molar-refractivity contribution < 1.29 is 9.59 Å². The smallest absolute Gasteiger partial charge is 0.228 e. The molecule has 0 aromatic heterocycles. The molecule has 1 heterocycles. The molecule has 21 heavy (non-hydrogen) atoms. The fraction of sp³-hybridized carbons (Fsp3) is 0.529. The number of rotatable bonds is 5. The van der Waals surface area contributed by atoms with Crippen LogP contribution in [0.4, 0.5) is 0 Å². The molecule has 0 aliphatic carbocycles. The Kier molecular flexibility index (Phi) is 4.99. The highest BCUT2D eigenvalue weighted by Crippen LogP contribution is 2.22. The second kappa shape index (κ2) is 6.74. The fourth-order valence-electron chi connectivity index (χ4n) is 2.80. The Hall–Kier alpha value is -1.84. The second-order valence-corrected chi connectivity index (χ2v) is 5.88. The number of nitrogens with zero attached hydrogens (tertiary/aromatic N) is 2. The molecular formula is C17H24N2O2. The van der Waals surface area contributed by atoms with Crippen molar-refractivity contribution in [1.29, 1.82) is 0 Å². The highest BCUT2D eigenvalue weighted by Gasteiger charge is 2.37. The van der Waals surface area contributed by atoms with E-state index in [0.717, 1.165) is 5.56 Å². The van der Waals surface area contributed by atoms with Crippen LogP contribution in [0.15, 0.2) is 30.3 Å². The minimum atomic E-state index is -0.191. The zero-order valence-electron chi connectivity index (χ0n) is 13.1. The molecule has 4 heteroatoms. The van der Waals surface area contributed by atoms with Crippen molar-refractivity contribution in [3.05, 3.63) is 35.9 Å². The predicted octanol–water partition coefficient (Wildman–Crippen LogP) is 2.29. The summed E-state index contributed by atoms with van der Waals surface area (Å²) < 4.78 is 0. The van der Waals surface area contributed by atoms with Crippen LogP contribution in [0.3, 0.4) is 0 Å².